The maximum absolute atomic E-state index is 6.26. The molecule has 1 aliphatic rings. The topological polar surface area (TPSA) is 32.5 Å². The number of benzene rings is 1. The van der Waals surface area contributed by atoms with E-state index < -0.39 is 0 Å². The van der Waals surface area contributed by atoms with Gasteiger partial charge in [-0.05, 0) is 36.9 Å². The predicted molar refractivity (Wildman–Crippen MR) is 91.8 cm³/mol. The molecular weight excluding hydrogens is 258 g/mol. The van der Waals surface area contributed by atoms with Crippen LogP contribution in [0.2, 0.25) is 0 Å². The van der Waals surface area contributed by atoms with Gasteiger partial charge in [0.05, 0.1) is 0 Å². The van der Waals surface area contributed by atoms with Crippen molar-refractivity contribution in [2.75, 3.05) is 37.6 Å². The van der Waals surface area contributed by atoms with Gasteiger partial charge >= 0.3 is 0 Å². The number of piperazine rings is 1. The van der Waals surface area contributed by atoms with E-state index in [9.17, 15) is 0 Å². The van der Waals surface area contributed by atoms with Gasteiger partial charge in [-0.2, -0.15) is 0 Å². The molecule has 1 aromatic rings. The average molecular weight is 289 g/mol. The molecule has 0 spiro atoms. The summed E-state index contributed by atoms with van der Waals surface area (Å²) in [6.45, 7) is 12.5. The molecule has 1 aliphatic heterocycles. The first-order valence-electron chi connectivity index (χ1n) is 8.22. The van der Waals surface area contributed by atoms with Gasteiger partial charge in [-0.15, -0.1) is 0 Å². The van der Waals surface area contributed by atoms with E-state index in [4.69, 9.17) is 5.73 Å². The van der Waals surface area contributed by atoms with Crippen LogP contribution in [0.25, 0.3) is 0 Å². The molecule has 1 aromatic carbocycles. The minimum absolute atomic E-state index is 0.331. The minimum Gasteiger partial charge on any atom is -0.369 e. The van der Waals surface area contributed by atoms with Crippen LogP contribution in [0.5, 0.6) is 0 Å². The van der Waals surface area contributed by atoms with Gasteiger partial charge in [0, 0.05) is 37.9 Å². The molecule has 1 unspecified atom stereocenters. The van der Waals surface area contributed by atoms with E-state index >= 15 is 0 Å². The van der Waals surface area contributed by atoms with E-state index in [2.05, 4.69) is 60.9 Å². The van der Waals surface area contributed by atoms with E-state index in [1.807, 2.05) is 0 Å². The van der Waals surface area contributed by atoms with Crippen LogP contribution in [0.15, 0.2) is 30.3 Å². The molecule has 1 atom stereocenters. The third kappa shape index (κ3) is 5.68. The highest BCUT2D eigenvalue weighted by Crippen LogP contribution is 2.21. The lowest BCUT2D eigenvalue weighted by molar-refractivity contribution is 0.235. The normalized spacial score (nSPS) is 18.8. The molecular formula is C18H31N3. The third-order valence-electron chi connectivity index (χ3n) is 4.18. The van der Waals surface area contributed by atoms with Gasteiger partial charge in [-0.1, -0.05) is 39.0 Å². The standard InChI is InChI=1S/C18H31N3/c1-18(2,3)15-16(19)9-10-20-11-13-21(14-12-20)17-7-5-4-6-8-17/h4-8,16H,9-15,19H2,1-3H3. The van der Waals surface area contributed by atoms with Crippen molar-refractivity contribution in [1.29, 1.82) is 0 Å². The highest BCUT2D eigenvalue weighted by atomic mass is 15.3. The van der Waals surface area contributed by atoms with Gasteiger partial charge in [-0.25, -0.2) is 0 Å². The van der Waals surface area contributed by atoms with Crippen molar-refractivity contribution in [3.63, 3.8) is 0 Å². The zero-order valence-corrected chi connectivity index (χ0v) is 13.9. The van der Waals surface area contributed by atoms with Crippen LogP contribution >= 0.6 is 0 Å². The van der Waals surface area contributed by atoms with E-state index in [0.29, 0.717) is 11.5 Å². The van der Waals surface area contributed by atoms with Crippen molar-refractivity contribution in [2.45, 2.75) is 39.7 Å². The summed E-state index contributed by atoms with van der Waals surface area (Å²) >= 11 is 0. The van der Waals surface area contributed by atoms with Crippen molar-refractivity contribution < 1.29 is 0 Å². The quantitative estimate of drug-likeness (QED) is 0.904. The molecule has 1 saturated heterocycles. The molecule has 0 amide bonds. The van der Waals surface area contributed by atoms with Gasteiger partial charge in [0.2, 0.25) is 0 Å². The number of nitrogens with two attached hydrogens (primary N) is 1. The molecule has 0 bridgehead atoms. The Bertz CT molecular complexity index is 402. The Hall–Kier alpha value is -1.06. The summed E-state index contributed by atoms with van der Waals surface area (Å²) in [6, 6.07) is 11.1. The summed E-state index contributed by atoms with van der Waals surface area (Å²) in [4.78, 5) is 5.04. The monoisotopic (exact) mass is 289 g/mol. The summed E-state index contributed by atoms with van der Waals surface area (Å²) in [6.07, 6.45) is 2.22. The lowest BCUT2D eigenvalue weighted by Crippen LogP contribution is -2.47. The van der Waals surface area contributed by atoms with Gasteiger partial charge < -0.3 is 10.6 Å². The number of rotatable bonds is 5. The number of anilines is 1. The summed E-state index contributed by atoms with van der Waals surface area (Å²) in [5, 5.41) is 0. The highest BCUT2D eigenvalue weighted by molar-refractivity contribution is 5.46. The van der Waals surface area contributed by atoms with Crippen molar-refractivity contribution in [3.8, 4) is 0 Å². The Labute approximate surface area is 130 Å². The van der Waals surface area contributed by atoms with Crippen LogP contribution in [0.4, 0.5) is 5.69 Å². The first kappa shape index (κ1) is 16.3. The number of hydrogen-bond acceptors (Lipinski definition) is 3. The summed E-state index contributed by atoms with van der Waals surface area (Å²) in [5.74, 6) is 0. The van der Waals surface area contributed by atoms with E-state index in [1.54, 1.807) is 0 Å². The molecule has 3 heteroatoms. The zero-order valence-electron chi connectivity index (χ0n) is 13.9. The maximum Gasteiger partial charge on any atom is 0.0367 e. The fourth-order valence-corrected chi connectivity index (χ4v) is 3.11. The Morgan fingerprint density at radius 3 is 2.24 bits per heavy atom. The molecule has 21 heavy (non-hydrogen) atoms. The van der Waals surface area contributed by atoms with Gasteiger partial charge in [0.25, 0.3) is 0 Å². The first-order valence-corrected chi connectivity index (χ1v) is 8.22. The highest BCUT2D eigenvalue weighted by Gasteiger charge is 2.19. The van der Waals surface area contributed by atoms with E-state index in [0.717, 1.165) is 45.6 Å². The van der Waals surface area contributed by atoms with Crippen molar-refractivity contribution in [2.24, 2.45) is 11.1 Å². The Kier molecular flexibility index (Phi) is 5.65. The first-order chi connectivity index (χ1) is 9.94. The second-order valence-electron chi connectivity index (χ2n) is 7.48. The van der Waals surface area contributed by atoms with Gasteiger partial charge in [0.1, 0.15) is 0 Å². The molecule has 2 rings (SSSR count). The third-order valence-corrected chi connectivity index (χ3v) is 4.18. The SMILES string of the molecule is CC(C)(C)CC(N)CCN1CCN(c2ccccc2)CC1. The molecule has 0 saturated carbocycles. The van der Waals surface area contributed by atoms with Gasteiger partial charge in [-0.3, -0.25) is 4.90 Å². The molecule has 3 nitrogen and oxygen atoms in total. The smallest absolute Gasteiger partial charge is 0.0367 e. The Morgan fingerprint density at radius 2 is 1.67 bits per heavy atom. The summed E-state index contributed by atoms with van der Waals surface area (Å²) < 4.78 is 0. The molecule has 0 aliphatic carbocycles. The van der Waals surface area contributed by atoms with Gasteiger partial charge in [0.15, 0.2) is 0 Å². The van der Waals surface area contributed by atoms with Crippen LogP contribution < -0.4 is 10.6 Å². The summed E-state index contributed by atoms with van der Waals surface area (Å²) in [5.41, 5.74) is 7.95. The Morgan fingerprint density at radius 1 is 1.05 bits per heavy atom. The Balaban J connectivity index is 1.70. The largest absolute Gasteiger partial charge is 0.369 e. The second kappa shape index (κ2) is 7.28. The molecule has 2 N–H and O–H groups in total. The predicted octanol–water partition coefficient (Wildman–Crippen LogP) is 2.96. The molecule has 118 valence electrons. The minimum atomic E-state index is 0.331. The van der Waals surface area contributed by atoms with E-state index in [-0.39, 0.29) is 0 Å². The lowest BCUT2D eigenvalue weighted by Gasteiger charge is -2.36. The zero-order chi connectivity index (χ0) is 15.3. The van der Waals surface area contributed by atoms with Crippen LogP contribution in [0.1, 0.15) is 33.6 Å². The molecule has 0 aromatic heterocycles. The second-order valence-corrected chi connectivity index (χ2v) is 7.48. The van der Waals surface area contributed by atoms with Crippen molar-refractivity contribution in [3.05, 3.63) is 30.3 Å². The fraction of sp³-hybridized carbons (Fsp3) is 0.667. The molecule has 1 fully saturated rings. The molecule has 0 radical (unpaired) electrons. The number of nitrogens with zero attached hydrogens (tertiary/aromatic N) is 2. The number of hydrogen-bond donors (Lipinski definition) is 1. The summed E-state index contributed by atoms with van der Waals surface area (Å²) in [7, 11) is 0. The molecule has 1 heterocycles. The van der Waals surface area contributed by atoms with Crippen LogP contribution in [-0.4, -0.2) is 43.7 Å². The maximum atomic E-state index is 6.26. The van der Waals surface area contributed by atoms with Crippen LogP contribution in [-0.2, 0) is 0 Å². The van der Waals surface area contributed by atoms with E-state index in [1.165, 1.54) is 5.69 Å². The average Bonchev–Trinajstić information content (AvgIpc) is 2.45. The van der Waals surface area contributed by atoms with Crippen LogP contribution in [0.3, 0.4) is 0 Å². The lowest BCUT2D eigenvalue weighted by atomic mass is 9.87. The van der Waals surface area contributed by atoms with Crippen molar-refractivity contribution >= 4 is 5.69 Å². The van der Waals surface area contributed by atoms with Crippen LogP contribution in [0, 0.1) is 5.41 Å². The number of para-hydroxylation sites is 1. The fourth-order valence-electron chi connectivity index (χ4n) is 3.11. The van der Waals surface area contributed by atoms with Crippen molar-refractivity contribution in [1.82, 2.24) is 4.90 Å².